The molecule has 0 aromatic heterocycles. The lowest BCUT2D eigenvalue weighted by molar-refractivity contribution is 0.121. The zero-order chi connectivity index (χ0) is 18.2. The third kappa shape index (κ3) is 11.7. The first-order valence-electron chi connectivity index (χ1n) is 9.48. The minimum atomic E-state index is 0. The molecule has 0 unspecified atom stereocenters. The normalized spacial score (nSPS) is 11.1. The van der Waals surface area contributed by atoms with Crippen molar-refractivity contribution in [2.24, 2.45) is 4.99 Å². The molecule has 0 bridgehead atoms. The monoisotopic (exact) mass is 477 g/mol. The van der Waals surface area contributed by atoms with Crippen LogP contribution in [-0.2, 0) is 22.6 Å². The smallest absolute Gasteiger partial charge is 0.191 e. The lowest BCUT2D eigenvalue weighted by atomic mass is 10.1. The Labute approximate surface area is 176 Å². The van der Waals surface area contributed by atoms with Gasteiger partial charge in [-0.1, -0.05) is 44.5 Å². The number of unbranched alkanes of at least 4 members (excludes halogenated alkanes) is 1. The number of hydrogen-bond acceptors (Lipinski definition) is 3. The highest BCUT2D eigenvalue weighted by Crippen LogP contribution is 2.10. The Hall–Kier alpha value is -0.860. The number of hydrogen-bond donors (Lipinski definition) is 2. The molecule has 0 saturated carbocycles. The van der Waals surface area contributed by atoms with Gasteiger partial charge in [-0.3, -0.25) is 4.99 Å². The van der Waals surface area contributed by atoms with Gasteiger partial charge >= 0.3 is 0 Å². The molecule has 0 aliphatic heterocycles. The molecule has 0 aliphatic carbocycles. The molecule has 0 amide bonds. The summed E-state index contributed by atoms with van der Waals surface area (Å²) < 4.78 is 11.2. The molecular formula is C20H36IN3O2. The summed E-state index contributed by atoms with van der Waals surface area (Å²) in [6.07, 6.45) is 4.34. The molecule has 1 aromatic rings. The number of guanidine groups is 1. The van der Waals surface area contributed by atoms with Gasteiger partial charge in [0.15, 0.2) is 5.96 Å². The second-order valence-electron chi connectivity index (χ2n) is 5.99. The molecule has 26 heavy (non-hydrogen) atoms. The molecule has 1 rings (SSSR count). The number of aliphatic imine (C=N–C) groups is 1. The molecule has 1 aromatic carbocycles. The summed E-state index contributed by atoms with van der Waals surface area (Å²) in [5.74, 6) is 0.817. The van der Waals surface area contributed by atoms with E-state index < -0.39 is 0 Å². The Bertz CT molecular complexity index is 484. The maximum Gasteiger partial charge on any atom is 0.191 e. The zero-order valence-electron chi connectivity index (χ0n) is 16.6. The molecule has 0 atom stereocenters. The quantitative estimate of drug-likeness (QED) is 0.194. The Balaban J connectivity index is 0.00000625. The molecule has 0 aliphatic rings. The lowest BCUT2D eigenvalue weighted by Gasteiger charge is -2.14. The van der Waals surface area contributed by atoms with Gasteiger partial charge < -0.3 is 20.1 Å². The molecule has 0 heterocycles. The van der Waals surface area contributed by atoms with E-state index in [1.807, 2.05) is 0 Å². The maximum absolute atomic E-state index is 5.67. The van der Waals surface area contributed by atoms with Crippen molar-refractivity contribution in [3.8, 4) is 0 Å². The first-order valence-corrected chi connectivity index (χ1v) is 9.48. The van der Waals surface area contributed by atoms with Crippen LogP contribution in [0.4, 0.5) is 0 Å². The number of nitrogens with zero attached hydrogens (tertiary/aromatic N) is 1. The van der Waals surface area contributed by atoms with Crippen molar-refractivity contribution in [2.45, 2.75) is 52.7 Å². The number of ether oxygens (including phenoxy) is 2. The number of rotatable bonds is 13. The zero-order valence-corrected chi connectivity index (χ0v) is 18.9. The van der Waals surface area contributed by atoms with Gasteiger partial charge in [0.1, 0.15) is 0 Å². The van der Waals surface area contributed by atoms with E-state index in [2.05, 4.69) is 53.7 Å². The van der Waals surface area contributed by atoms with Crippen LogP contribution in [0.1, 0.15) is 50.7 Å². The van der Waals surface area contributed by atoms with Crippen molar-refractivity contribution in [1.29, 1.82) is 0 Å². The van der Waals surface area contributed by atoms with E-state index in [0.717, 1.165) is 58.1 Å². The Morgan fingerprint density at radius 3 is 2.35 bits per heavy atom. The first-order chi connectivity index (χ1) is 12.3. The Kier molecular flexibility index (Phi) is 17.0. The molecule has 0 radical (unpaired) electrons. The van der Waals surface area contributed by atoms with Crippen LogP contribution in [0.2, 0.25) is 0 Å². The van der Waals surface area contributed by atoms with Crippen LogP contribution in [0.5, 0.6) is 0 Å². The highest BCUT2D eigenvalue weighted by molar-refractivity contribution is 14.0. The van der Waals surface area contributed by atoms with Gasteiger partial charge in [0.05, 0.1) is 6.61 Å². The summed E-state index contributed by atoms with van der Waals surface area (Å²) in [6, 6.07) is 8.37. The van der Waals surface area contributed by atoms with E-state index in [1.54, 1.807) is 7.05 Å². The summed E-state index contributed by atoms with van der Waals surface area (Å²) in [5.41, 5.74) is 2.47. The van der Waals surface area contributed by atoms with Crippen LogP contribution in [0, 0.1) is 0 Å². The summed E-state index contributed by atoms with van der Waals surface area (Å²) in [7, 11) is 1.79. The Morgan fingerprint density at radius 2 is 1.65 bits per heavy atom. The van der Waals surface area contributed by atoms with Crippen LogP contribution in [0.3, 0.4) is 0 Å². The van der Waals surface area contributed by atoms with Gasteiger partial charge in [0, 0.05) is 40.0 Å². The van der Waals surface area contributed by atoms with Crippen LogP contribution >= 0.6 is 24.0 Å². The Morgan fingerprint density at radius 1 is 0.923 bits per heavy atom. The van der Waals surface area contributed by atoms with Crippen molar-refractivity contribution in [1.82, 2.24) is 10.6 Å². The van der Waals surface area contributed by atoms with E-state index in [1.165, 1.54) is 17.5 Å². The van der Waals surface area contributed by atoms with Gasteiger partial charge in [-0.15, -0.1) is 24.0 Å². The van der Waals surface area contributed by atoms with Crippen LogP contribution in [0.15, 0.2) is 29.3 Å². The average Bonchev–Trinajstić information content (AvgIpc) is 2.64. The maximum atomic E-state index is 5.67. The predicted octanol–water partition coefficient (Wildman–Crippen LogP) is 4.10. The second kappa shape index (κ2) is 17.5. The first kappa shape index (κ1) is 25.1. The summed E-state index contributed by atoms with van der Waals surface area (Å²) in [5, 5.41) is 6.70. The molecule has 6 heteroatoms. The number of nitrogens with one attached hydrogen (secondary N) is 2. The standard InChI is InChI=1S/C20H35N3O2.HI/c1-4-6-14-24-15-9-12-22-20(21-3)23-16-18-10-7-8-11-19(18)17-25-13-5-2;/h7-8,10-11H,4-6,9,12-17H2,1-3H3,(H2,21,22,23);1H. The molecular weight excluding hydrogens is 441 g/mol. The van der Waals surface area contributed by atoms with E-state index in [4.69, 9.17) is 9.47 Å². The fraction of sp³-hybridized carbons (Fsp3) is 0.650. The fourth-order valence-corrected chi connectivity index (χ4v) is 2.33. The van der Waals surface area contributed by atoms with Crippen molar-refractivity contribution < 1.29 is 9.47 Å². The summed E-state index contributed by atoms with van der Waals surface area (Å²) in [4.78, 5) is 4.28. The van der Waals surface area contributed by atoms with Crippen molar-refractivity contribution in [3.63, 3.8) is 0 Å². The van der Waals surface area contributed by atoms with Gasteiger partial charge in [-0.25, -0.2) is 0 Å². The van der Waals surface area contributed by atoms with E-state index in [-0.39, 0.29) is 24.0 Å². The second-order valence-corrected chi connectivity index (χ2v) is 5.99. The molecule has 5 nitrogen and oxygen atoms in total. The summed E-state index contributed by atoms with van der Waals surface area (Å²) in [6.45, 7) is 9.00. The SMILES string of the molecule is CCCCOCCCNC(=NC)NCc1ccccc1COCCC.I. The van der Waals surface area contributed by atoms with Crippen molar-refractivity contribution >= 4 is 29.9 Å². The topological polar surface area (TPSA) is 54.9 Å². The van der Waals surface area contributed by atoms with Crippen molar-refractivity contribution in [2.75, 3.05) is 33.4 Å². The third-order valence-corrected chi connectivity index (χ3v) is 3.79. The van der Waals surface area contributed by atoms with Crippen LogP contribution in [-0.4, -0.2) is 39.4 Å². The average molecular weight is 477 g/mol. The molecule has 0 fully saturated rings. The third-order valence-electron chi connectivity index (χ3n) is 3.79. The van der Waals surface area contributed by atoms with Crippen LogP contribution < -0.4 is 10.6 Å². The fourth-order valence-electron chi connectivity index (χ4n) is 2.33. The van der Waals surface area contributed by atoms with Gasteiger partial charge in [-0.05, 0) is 30.4 Å². The summed E-state index contributed by atoms with van der Waals surface area (Å²) >= 11 is 0. The minimum absolute atomic E-state index is 0. The highest BCUT2D eigenvalue weighted by Gasteiger charge is 2.03. The molecule has 0 spiro atoms. The number of halogens is 1. The minimum Gasteiger partial charge on any atom is -0.381 e. The van der Waals surface area contributed by atoms with Gasteiger partial charge in [0.2, 0.25) is 0 Å². The van der Waals surface area contributed by atoms with Crippen LogP contribution in [0.25, 0.3) is 0 Å². The molecule has 150 valence electrons. The van der Waals surface area contributed by atoms with E-state index in [9.17, 15) is 0 Å². The largest absolute Gasteiger partial charge is 0.381 e. The van der Waals surface area contributed by atoms with E-state index in [0.29, 0.717) is 6.61 Å². The molecule has 2 N–H and O–H groups in total. The highest BCUT2D eigenvalue weighted by atomic mass is 127. The van der Waals surface area contributed by atoms with Crippen molar-refractivity contribution in [3.05, 3.63) is 35.4 Å². The predicted molar refractivity (Wildman–Crippen MR) is 120 cm³/mol. The molecule has 0 saturated heterocycles. The van der Waals surface area contributed by atoms with E-state index >= 15 is 0 Å². The lowest BCUT2D eigenvalue weighted by Crippen LogP contribution is -2.37. The van der Waals surface area contributed by atoms with Gasteiger partial charge in [-0.2, -0.15) is 0 Å². The van der Waals surface area contributed by atoms with Gasteiger partial charge in [0.25, 0.3) is 0 Å². The number of benzene rings is 1.